The quantitative estimate of drug-likeness (QED) is 0.823. The number of hydrogen-bond acceptors (Lipinski definition) is 4. The van der Waals surface area contributed by atoms with Crippen molar-refractivity contribution in [3.05, 3.63) is 5.82 Å². The molecule has 0 saturated heterocycles. The Balaban J connectivity index is 1.77. The Hall–Kier alpha value is -0.640. The molecule has 1 aromatic heterocycles. The second-order valence-electron chi connectivity index (χ2n) is 5.18. The van der Waals surface area contributed by atoms with Crippen molar-refractivity contribution in [3.8, 4) is 0 Å². The van der Waals surface area contributed by atoms with Crippen LogP contribution in [0.5, 0.6) is 0 Å². The van der Waals surface area contributed by atoms with Gasteiger partial charge in [-0.05, 0) is 25.7 Å². The van der Waals surface area contributed by atoms with E-state index in [1.165, 1.54) is 37.2 Å². The SMILES string of the molecule is CC(CCC1CC1)Nc1nc(C(C)C)ns1. The van der Waals surface area contributed by atoms with Gasteiger partial charge in [-0.15, -0.1) is 0 Å². The highest BCUT2D eigenvalue weighted by Gasteiger charge is 2.21. The van der Waals surface area contributed by atoms with Gasteiger partial charge in [0.15, 0.2) is 0 Å². The molecular weight excluding hydrogens is 218 g/mol. The van der Waals surface area contributed by atoms with Gasteiger partial charge >= 0.3 is 0 Å². The molecule has 1 atom stereocenters. The highest BCUT2D eigenvalue weighted by atomic mass is 32.1. The normalized spacial score (nSPS) is 17.8. The third kappa shape index (κ3) is 3.44. The number of rotatable bonds is 6. The molecule has 0 aromatic carbocycles. The van der Waals surface area contributed by atoms with E-state index in [0.717, 1.165) is 16.9 Å². The van der Waals surface area contributed by atoms with Gasteiger partial charge in [0.05, 0.1) is 0 Å². The summed E-state index contributed by atoms with van der Waals surface area (Å²) < 4.78 is 4.34. The Morgan fingerprint density at radius 1 is 1.38 bits per heavy atom. The van der Waals surface area contributed by atoms with Gasteiger partial charge in [-0.25, -0.2) is 4.98 Å². The molecule has 90 valence electrons. The molecule has 1 fully saturated rings. The summed E-state index contributed by atoms with van der Waals surface area (Å²) in [6, 6.07) is 0.522. The third-order valence-corrected chi connectivity index (χ3v) is 3.69. The monoisotopic (exact) mass is 239 g/mol. The van der Waals surface area contributed by atoms with E-state index in [9.17, 15) is 0 Å². The summed E-state index contributed by atoms with van der Waals surface area (Å²) in [5.41, 5.74) is 0. The second kappa shape index (κ2) is 5.13. The van der Waals surface area contributed by atoms with E-state index < -0.39 is 0 Å². The maximum Gasteiger partial charge on any atom is 0.202 e. The standard InChI is InChI=1S/C12H21N3S/c1-8(2)11-14-12(16-15-11)13-9(3)4-5-10-6-7-10/h8-10H,4-7H2,1-3H3,(H,13,14,15). The third-order valence-electron chi connectivity index (χ3n) is 3.03. The van der Waals surface area contributed by atoms with Gasteiger partial charge in [-0.2, -0.15) is 4.37 Å². The lowest BCUT2D eigenvalue weighted by molar-refractivity contribution is 0.609. The lowest BCUT2D eigenvalue weighted by Gasteiger charge is -2.11. The number of anilines is 1. The molecule has 1 aliphatic rings. The first kappa shape index (κ1) is 11.8. The van der Waals surface area contributed by atoms with Gasteiger partial charge in [-0.3, -0.25) is 0 Å². The zero-order chi connectivity index (χ0) is 11.5. The smallest absolute Gasteiger partial charge is 0.202 e. The van der Waals surface area contributed by atoms with Crippen molar-refractivity contribution in [2.45, 2.75) is 58.4 Å². The summed E-state index contributed by atoms with van der Waals surface area (Å²) in [6.45, 7) is 6.49. The lowest BCUT2D eigenvalue weighted by Crippen LogP contribution is -2.15. The largest absolute Gasteiger partial charge is 0.358 e. The number of nitrogens with zero attached hydrogens (tertiary/aromatic N) is 2. The van der Waals surface area contributed by atoms with Gasteiger partial charge in [0.25, 0.3) is 0 Å². The van der Waals surface area contributed by atoms with E-state index in [0.29, 0.717) is 12.0 Å². The summed E-state index contributed by atoms with van der Waals surface area (Å²) >= 11 is 1.48. The van der Waals surface area contributed by atoms with Crippen molar-refractivity contribution >= 4 is 16.7 Å². The average Bonchev–Trinajstić information content (AvgIpc) is 2.95. The minimum Gasteiger partial charge on any atom is -0.358 e. The Bertz CT molecular complexity index is 331. The van der Waals surface area contributed by atoms with Gasteiger partial charge in [-0.1, -0.05) is 26.7 Å². The van der Waals surface area contributed by atoms with E-state index in [1.54, 1.807) is 0 Å². The van der Waals surface area contributed by atoms with Crippen LogP contribution in [0.15, 0.2) is 0 Å². The molecule has 16 heavy (non-hydrogen) atoms. The van der Waals surface area contributed by atoms with Crippen LogP contribution in [0.1, 0.15) is 58.2 Å². The molecule has 1 unspecified atom stereocenters. The van der Waals surface area contributed by atoms with Crippen LogP contribution in [-0.2, 0) is 0 Å². The Kier molecular flexibility index (Phi) is 3.79. The molecule has 1 saturated carbocycles. The first-order valence-corrected chi connectivity index (χ1v) is 7.02. The molecule has 1 aromatic rings. The maximum atomic E-state index is 4.49. The molecule has 1 heterocycles. The topological polar surface area (TPSA) is 37.8 Å². The van der Waals surface area contributed by atoms with Crippen LogP contribution < -0.4 is 5.32 Å². The van der Waals surface area contributed by atoms with Crippen molar-refractivity contribution in [2.24, 2.45) is 5.92 Å². The molecule has 4 heteroatoms. The molecule has 0 radical (unpaired) electrons. The lowest BCUT2D eigenvalue weighted by atomic mass is 10.1. The Labute approximate surface area is 102 Å². The molecule has 2 rings (SSSR count). The molecular formula is C12H21N3S. The Morgan fingerprint density at radius 3 is 2.69 bits per heavy atom. The first-order valence-electron chi connectivity index (χ1n) is 6.25. The van der Waals surface area contributed by atoms with Crippen LogP contribution in [0, 0.1) is 5.92 Å². The van der Waals surface area contributed by atoms with Crippen molar-refractivity contribution in [1.29, 1.82) is 0 Å². The second-order valence-corrected chi connectivity index (χ2v) is 5.93. The van der Waals surface area contributed by atoms with Crippen LogP contribution in [0.3, 0.4) is 0 Å². The van der Waals surface area contributed by atoms with E-state index >= 15 is 0 Å². The predicted molar refractivity (Wildman–Crippen MR) is 69.0 cm³/mol. The summed E-state index contributed by atoms with van der Waals surface area (Å²) in [7, 11) is 0. The number of nitrogens with one attached hydrogen (secondary N) is 1. The zero-order valence-corrected chi connectivity index (χ0v) is 11.2. The summed E-state index contributed by atoms with van der Waals surface area (Å²) in [5.74, 6) is 2.40. The first-order chi connectivity index (χ1) is 7.65. The molecule has 3 nitrogen and oxygen atoms in total. The molecule has 0 spiro atoms. The van der Waals surface area contributed by atoms with Crippen molar-refractivity contribution in [3.63, 3.8) is 0 Å². The fraction of sp³-hybridized carbons (Fsp3) is 0.833. The van der Waals surface area contributed by atoms with Gasteiger partial charge in [0.1, 0.15) is 5.82 Å². The molecule has 1 N–H and O–H groups in total. The summed E-state index contributed by atoms with van der Waals surface area (Å²) in [6.07, 6.45) is 5.51. The summed E-state index contributed by atoms with van der Waals surface area (Å²) in [5, 5.41) is 4.42. The minimum atomic E-state index is 0.425. The molecule has 0 amide bonds. The highest BCUT2D eigenvalue weighted by molar-refractivity contribution is 7.09. The fourth-order valence-electron chi connectivity index (χ4n) is 1.70. The van der Waals surface area contributed by atoms with Crippen molar-refractivity contribution in [1.82, 2.24) is 9.36 Å². The fourth-order valence-corrected chi connectivity index (χ4v) is 2.52. The van der Waals surface area contributed by atoms with E-state index in [1.807, 2.05) is 0 Å². The minimum absolute atomic E-state index is 0.425. The van der Waals surface area contributed by atoms with E-state index in [-0.39, 0.29) is 0 Å². The summed E-state index contributed by atoms with van der Waals surface area (Å²) in [4.78, 5) is 4.49. The zero-order valence-electron chi connectivity index (χ0n) is 10.4. The Morgan fingerprint density at radius 2 is 2.12 bits per heavy atom. The highest BCUT2D eigenvalue weighted by Crippen LogP contribution is 2.34. The molecule has 0 aliphatic heterocycles. The predicted octanol–water partition coefficient (Wildman–Crippen LogP) is 3.65. The van der Waals surface area contributed by atoms with Crippen molar-refractivity contribution in [2.75, 3.05) is 5.32 Å². The van der Waals surface area contributed by atoms with Crippen LogP contribution in [0.2, 0.25) is 0 Å². The van der Waals surface area contributed by atoms with Crippen molar-refractivity contribution < 1.29 is 0 Å². The molecule has 1 aliphatic carbocycles. The number of hydrogen-bond donors (Lipinski definition) is 1. The van der Waals surface area contributed by atoms with Gasteiger partial charge in [0, 0.05) is 23.5 Å². The average molecular weight is 239 g/mol. The van der Waals surface area contributed by atoms with Crippen LogP contribution in [-0.4, -0.2) is 15.4 Å². The maximum absolute atomic E-state index is 4.49. The molecule has 0 bridgehead atoms. The van der Waals surface area contributed by atoms with Crippen LogP contribution in [0.25, 0.3) is 0 Å². The number of aromatic nitrogens is 2. The van der Waals surface area contributed by atoms with Crippen LogP contribution in [0.4, 0.5) is 5.13 Å². The van der Waals surface area contributed by atoms with E-state index in [4.69, 9.17) is 0 Å². The van der Waals surface area contributed by atoms with Gasteiger partial charge < -0.3 is 5.32 Å². The van der Waals surface area contributed by atoms with E-state index in [2.05, 4.69) is 35.4 Å². The van der Waals surface area contributed by atoms with Crippen LogP contribution >= 0.6 is 11.5 Å². The van der Waals surface area contributed by atoms with Gasteiger partial charge in [0.2, 0.25) is 5.13 Å².